The molecule has 1 N–H and O–H groups in total. The molecule has 4 rings (SSSR count). The molecular weight excluding hydrogens is 292 g/mol. The van der Waals surface area contributed by atoms with Crippen molar-refractivity contribution in [3.63, 3.8) is 0 Å². The number of hydrogen-bond donors (Lipinski definition) is 1. The molecule has 0 spiro atoms. The van der Waals surface area contributed by atoms with Crippen LogP contribution in [0.3, 0.4) is 0 Å². The fourth-order valence-corrected chi connectivity index (χ4v) is 4.73. The molecular formula is C20H21F2N. The molecule has 0 amide bonds. The lowest BCUT2D eigenvalue weighted by molar-refractivity contribution is -0.111. The lowest BCUT2D eigenvalue weighted by atomic mass is 9.55. The van der Waals surface area contributed by atoms with Crippen molar-refractivity contribution in [2.24, 2.45) is 11.8 Å². The van der Waals surface area contributed by atoms with E-state index in [2.05, 4.69) is 29.6 Å². The van der Waals surface area contributed by atoms with E-state index in [0.717, 1.165) is 0 Å². The summed E-state index contributed by atoms with van der Waals surface area (Å²) in [7, 11) is 0. The predicted octanol–water partition coefficient (Wildman–Crippen LogP) is 4.24. The van der Waals surface area contributed by atoms with Gasteiger partial charge in [-0.15, -0.1) is 0 Å². The summed E-state index contributed by atoms with van der Waals surface area (Å²) in [6.45, 7) is 1.07. The zero-order valence-electron chi connectivity index (χ0n) is 13.0. The first-order chi connectivity index (χ1) is 11.1. The summed E-state index contributed by atoms with van der Waals surface area (Å²) < 4.78 is 29.0. The summed E-state index contributed by atoms with van der Waals surface area (Å²) in [6, 6.07) is 20.5. The van der Waals surface area contributed by atoms with Crippen molar-refractivity contribution >= 4 is 0 Å². The van der Waals surface area contributed by atoms with E-state index in [1.54, 1.807) is 0 Å². The smallest absolute Gasteiger partial charge is 0.252 e. The van der Waals surface area contributed by atoms with Gasteiger partial charge < -0.3 is 5.32 Å². The van der Waals surface area contributed by atoms with Crippen LogP contribution < -0.4 is 5.32 Å². The minimum Gasteiger partial charge on any atom is -0.316 e. The molecule has 1 nitrogen and oxygen atoms in total. The Morgan fingerprint density at radius 1 is 0.739 bits per heavy atom. The highest BCUT2D eigenvalue weighted by Crippen LogP contribution is 2.56. The Labute approximate surface area is 135 Å². The first-order valence-electron chi connectivity index (χ1n) is 8.34. The monoisotopic (exact) mass is 313 g/mol. The number of benzene rings is 2. The van der Waals surface area contributed by atoms with Gasteiger partial charge in [-0.1, -0.05) is 60.7 Å². The molecule has 2 fully saturated rings. The van der Waals surface area contributed by atoms with E-state index in [1.165, 1.54) is 11.1 Å². The quantitative estimate of drug-likeness (QED) is 0.874. The average molecular weight is 313 g/mol. The molecule has 0 aromatic heterocycles. The molecule has 2 aromatic carbocycles. The number of halogens is 2. The molecule has 0 bridgehead atoms. The van der Waals surface area contributed by atoms with Crippen LogP contribution in [0, 0.1) is 11.8 Å². The van der Waals surface area contributed by atoms with Gasteiger partial charge in [-0.25, -0.2) is 8.78 Å². The number of hydrogen-bond acceptors (Lipinski definition) is 1. The highest BCUT2D eigenvalue weighted by atomic mass is 19.3. The van der Waals surface area contributed by atoms with Gasteiger partial charge in [0.2, 0.25) is 0 Å². The van der Waals surface area contributed by atoms with Crippen LogP contribution in [0.25, 0.3) is 0 Å². The largest absolute Gasteiger partial charge is 0.316 e. The number of fused-ring (bicyclic) bond motifs is 1. The molecule has 1 saturated carbocycles. The van der Waals surface area contributed by atoms with Crippen molar-refractivity contribution in [2.75, 3.05) is 13.1 Å². The van der Waals surface area contributed by atoms with E-state index in [4.69, 9.17) is 0 Å². The van der Waals surface area contributed by atoms with Gasteiger partial charge in [-0.3, -0.25) is 0 Å². The van der Waals surface area contributed by atoms with E-state index in [-0.39, 0.29) is 17.8 Å². The number of nitrogens with one attached hydrogen (secondary N) is 1. The lowest BCUT2D eigenvalue weighted by Gasteiger charge is -2.49. The molecule has 23 heavy (non-hydrogen) atoms. The Balaban J connectivity index is 1.91. The Morgan fingerprint density at radius 2 is 1.26 bits per heavy atom. The number of alkyl halides is 2. The second kappa shape index (κ2) is 5.41. The van der Waals surface area contributed by atoms with Gasteiger partial charge in [0.25, 0.3) is 5.92 Å². The van der Waals surface area contributed by atoms with E-state index in [1.807, 2.05) is 36.4 Å². The Kier molecular flexibility index (Phi) is 3.49. The third kappa shape index (κ3) is 2.21. The van der Waals surface area contributed by atoms with Crippen LogP contribution >= 0.6 is 0 Å². The summed E-state index contributed by atoms with van der Waals surface area (Å²) in [4.78, 5) is 0. The highest BCUT2D eigenvalue weighted by Gasteiger charge is 2.59. The summed E-state index contributed by atoms with van der Waals surface area (Å²) in [6.07, 6.45) is 0.455. The predicted molar refractivity (Wildman–Crippen MR) is 87.7 cm³/mol. The van der Waals surface area contributed by atoms with E-state index >= 15 is 0 Å². The van der Waals surface area contributed by atoms with Crippen molar-refractivity contribution in [1.82, 2.24) is 5.32 Å². The second-order valence-corrected chi connectivity index (χ2v) is 6.84. The minimum atomic E-state index is -2.57. The van der Waals surface area contributed by atoms with Crippen molar-refractivity contribution in [1.29, 1.82) is 0 Å². The first-order valence-corrected chi connectivity index (χ1v) is 8.34. The molecule has 2 unspecified atom stereocenters. The van der Waals surface area contributed by atoms with Crippen LogP contribution in [0.4, 0.5) is 8.78 Å². The molecule has 2 aromatic rings. The Bertz CT molecular complexity index is 629. The van der Waals surface area contributed by atoms with Crippen molar-refractivity contribution in [3.8, 4) is 0 Å². The maximum Gasteiger partial charge on any atom is 0.252 e. The zero-order valence-corrected chi connectivity index (χ0v) is 13.0. The maximum atomic E-state index is 14.5. The summed E-state index contributed by atoms with van der Waals surface area (Å²) in [5, 5.41) is 3.23. The minimum absolute atomic E-state index is 0.0420. The van der Waals surface area contributed by atoms with Gasteiger partial charge in [0.05, 0.1) is 0 Å². The van der Waals surface area contributed by atoms with Gasteiger partial charge in [0.1, 0.15) is 0 Å². The second-order valence-electron chi connectivity index (χ2n) is 6.84. The molecule has 1 aliphatic heterocycles. The highest BCUT2D eigenvalue weighted by molar-refractivity contribution is 5.42. The first kappa shape index (κ1) is 14.8. The van der Waals surface area contributed by atoms with E-state index in [0.29, 0.717) is 19.5 Å². The topological polar surface area (TPSA) is 12.0 Å². The fraction of sp³-hybridized carbons (Fsp3) is 0.400. The third-order valence-corrected chi connectivity index (χ3v) is 5.82. The van der Waals surface area contributed by atoms with Crippen molar-refractivity contribution in [3.05, 3.63) is 71.8 Å². The van der Waals surface area contributed by atoms with Crippen LogP contribution in [-0.2, 0) is 5.41 Å². The van der Waals surface area contributed by atoms with E-state index < -0.39 is 11.8 Å². The normalized spacial score (nSPS) is 28.3. The molecule has 2 aliphatic rings. The fourth-order valence-electron chi connectivity index (χ4n) is 4.73. The van der Waals surface area contributed by atoms with Crippen LogP contribution in [0.1, 0.15) is 24.0 Å². The molecule has 1 heterocycles. The lowest BCUT2D eigenvalue weighted by Crippen LogP contribution is -2.51. The summed E-state index contributed by atoms with van der Waals surface area (Å²) >= 11 is 0. The SMILES string of the molecule is FC1(F)CCC(c2ccccc2)(c2ccccc2)C2CNCC21. The molecule has 2 atom stereocenters. The molecule has 0 radical (unpaired) electrons. The van der Waals surface area contributed by atoms with E-state index in [9.17, 15) is 8.78 Å². The molecule has 120 valence electrons. The van der Waals surface area contributed by atoms with Crippen LogP contribution in [0.15, 0.2) is 60.7 Å². The van der Waals surface area contributed by atoms with Gasteiger partial charge in [0, 0.05) is 24.3 Å². The van der Waals surface area contributed by atoms with Gasteiger partial charge in [0.15, 0.2) is 0 Å². The molecule has 3 heteroatoms. The Hall–Kier alpha value is -1.74. The van der Waals surface area contributed by atoms with Crippen molar-refractivity contribution in [2.45, 2.75) is 24.2 Å². The van der Waals surface area contributed by atoms with Crippen LogP contribution in [0.5, 0.6) is 0 Å². The summed E-state index contributed by atoms with van der Waals surface area (Å²) in [5.41, 5.74) is 2.01. The number of rotatable bonds is 2. The maximum absolute atomic E-state index is 14.5. The third-order valence-electron chi connectivity index (χ3n) is 5.82. The molecule has 1 saturated heterocycles. The van der Waals surface area contributed by atoms with Gasteiger partial charge in [-0.05, 0) is 30.0 Å². The summed E-state index contributed by atoms with van der Waals surface area (Å²) in [5.74, 6) is -3.23. The average Bonchev–Trinajstić information content (AvgIpc) is 3.09. The van der Waals surface area contributed by atoms with Crippen LogP contribution in [0.2, 0.25) is 0 Å². The van der Waals surface area contributed by atoms with Gasteiger partial charge >= 0.3 is 0 Å². The van der Waals surface area contributed by atoms with Crippen molar-refractivity contribution < 1.29 is 8.78 Å². The van der Waals surface area contributed by atoms with Gasteiger partial charge in [-0.2, -0.15) is 0 Å². The van der Waals surface area contributed by atoms with Crippen LogP contribution in [-0.4, -0.2) is 19.0 Å². The standard InChI is InChI=1S/C20H21F2N/c21-20(22)12-11-19(15-7-3-1-4-8-15,16-9-5-2-6-10-16)17-13-23-14-18(17)20/h1-10,17-18,23H,11-14H2. The molecule has 1 aliphatic carbocycles. The zero-order chi connectivity index (χ0) is 15.9. The Morgan fingerprint density at radius 3 is 1.83 bits per heavy atom.